The Balaban J connectivity index is 1.49. The van der Waals surface area contributed by atoms with Gasteiger partial charge in [-0.25, -0.2) is 0 Å². The predicted octanol–water partition coefficient (Wildman–Crippen LogP) is 4.15. The fraction of sp³-hybridized carbons (Fsp3) is 0.609. The van der Waals surface area contributed by atoms with Gasteiger partial charge in [-0.05, 0) is 67.2 Å². The van der Waals surface area contributed by atoms with Gasteiger partial charge in [0, 0.05) is 25.7 Å². The van der Waals surface area contributed by atoms with Gasteiger partial charge in [0.2, 0.25) is 0 Å². The van der Waals surface area contributed by atoms with Crippen molar-refractivity contribution in [1.82, 2.24) is 0 Å². The smallest absolute Gasteiger partial charge is 0.159 e. The molecule has 2 aliphatic carbocycles. The Kier molecular flexibility index (Phi) is 6.14. The predicted molar refractivity (Wildman–Crippen MR) is 105 cm³/mol. The highest BCUT2D eigenvalue weighted by Gasteiger charge is 2.41. The largest absolute Gasteiger partial charge is 0.496 e. The minimum atomic E-state index is -0.159. The van der Waals surface area contributed by atoms with E-state index in [1.54, 1.807) is 14.2 Å². The van der Waals surface area contributed by atoms with Crippen molar-refractivity contribution in [2.75, 3.05) is 27.4 Å². The van der Waals surface area contributed by atoms with Crippen molar-refractivity contribution >= 4 is 5.78 Å². The van der Waals surface area contributed by atoms with Gasteiger partial charge in [0.1, 0.15) is 11.9 Å². The summed E-state index contributed by atoms with van der Waals surface area (Å²) in [7, 11) is 3.43. The van der Waals surface area contributed by atoms with Crippen LogP contribution >= 0.6 is 0 Å². The number of allylic oxidation sites excluding steroid dienone is 1. The first-order chi connectivity index (χ1) is 13.7. The summed E-state index contributed by atoms with van der Waals surface area (Å²) in [4.78, 5) is 12.8. The summed E-state index contributed by atoms with van der Waals surface area (Å²) < 4.78 is 22.9. The second kappa shape index (κ2) is 8.76. The highest BCUT2D eigenvalue weighted by molar-refractivity contribution is 5.99. The van der Waals surface area contributed by atoms with Gasteiger partial charge in [0.25, 0.3) is 0 Å². The van der Waals surface area contributed by atoms with Crippen LogP contribution in [0.2, 0.25) is 0 Å². The van der Waals surface area contributed by atoms with E-state index in [4.69, 9.17) is 18.9 Å². The molecular weight excluding hydrogens is 356 g/mol. The van der Waals surface area contributed by atoms with E-state index in [2.05, 4.69) is 6.07 Å². The number of rotatable bonds is 7. The Hall–Kier alpha value is -1.69. The maximum Gasteiger partial charge on any atom is 0.159 e. The third-order valence-electron chi connectivity index (χ3n) is 6.21. The Morgan fingerprint density at radius 3 is 2.82 bits per heavy atom. The number of Topliss-reactive ketones (excluding diaryl/α,β-unsaturated/α-hetero) is 1. The van der Waals surface area contributed by atoms with Crippen LogP contribution in [0, 0.1) is 5.92 Å². The topological polar surface area (TPSA) is 54.0 Å². The third kappa shape index (κ3) is 3.76. The summed E-state index contributed by atoms with van der Waals surface area (Å²) in [6.07, 6.45) is 6.03. The number of ketones is 1. The summed E-state index contributed by atoms with van der Waals surface area (Å²) in [5.41, 5.74) is 4.45. The minimum absolute atomic E-state index is 0.0702. The highest BCUT2D eigenvalue weighted by atomic mass is 16.7. The molecule has 2 unspecified atom stereocenters. The monoisotopic (exact) mass is 386 g/mol. The lowest BCUT2D eigenvalue weighted by Gasteiger charge is -2.32. The average molecular weight is 386 g/mol. The molecule has 0 amide bonds. The number of ether oxygens (including phenoxy) is 4. The maximum absolute atomic E-state index is 12.8. The SMILES string of the molecule is COc1cccc2c1CC1CC(=O)C(CCCOC3CCCCO3)=C1[C@@H]2OC. The van der Waals surface area contributed by atoms with E-state index in [0.717, 1.165) is 55.6 Å². The van der Waals surface area contributed by atoms with Crippen LogP contribution in [0.4, 0.5) is 0 Å². The van der Waals surface area contributed by atoms with Crippen LogP contribution in [0.1, 0.15) is 55.8 Å². The Morgan fingerprint density at radius 2 is 2.07 bits per heavy atom. The molecule has 0 bridgehead atoms. The number of hydrogen-bond donors (Lipinski definition) is 0. The number of benzene rings is 1. The van der Waals surface area contributed by atoms with Gasteiger partial charge in [-0.2, -0.15) is 0 Å². The minimum Gasteiger partial charge on any atom is -0.496 e. The molecule has 1 heterocycles. The molecule has 4 rings (SSSR count). The molecule has 28 heavy (non-hydrogen) atoms. The van der Waals surface area contributed by atoms with E-state index < -0.39 is 0 Å². The first-order valence-corrected chi connectivity index (χ1v) is 10.4. The van der Waals surface area contributed by atoms with E-state index in [9.17, 15) is 4.79 Å². The van der Waals surface area contributed by atoms with Crippen LogP contribution in [0.15, 0.2) is 29.3 Å². The Morgan fingerprint density at radius 1 is 1.18 bits per heavy atom. The van der Waals surface area contributed by atoms with Crippen molar-refractivity contribution in [1.29, 1.82) is 0 Å². The van der Waals surface area contributed by atoms with Gasteiger partial charge in [0.05, 0.1) is 13.7 Å². The molecule has 0 aromatic heterocycles. The third-order valence-corrected chi connectivity index (χ3v) is 6.21. The van der Waals surface area contributed by atoms with Crippen LogP contribution in [0.3, 0.4) is 0 Å². The lowest BCUT2D eigenvalue weighted by Crippen LogP contribution is -2.23. The fourth-order valence-corrected chi connectivity index (χ4v) is 4.91. The quantitative estimate of drug-likeness (QED) is 0.659. The second-order valence-electron chi connectivity index (χ2n) is 7.88. The lowest BCUT2D eigenvalue weighted by molar-refractivity contribution is -0.162. The summed E-state index contributed by atoms with van der Waals surface area (Å²) >= 11 is 0. The molecule has 0 N–H and O–H groups in total. The molecule has 0 spiro atoms. The van der Waals surface area contributed by atoms with E-state index in [1.807, 2.05) is 12.1 Å². The van der Waals surface area contributed by atoms with Crippen molar-refractivity contribution in [2.24, 2.45) is 5.92 Å². The summed E-state index contributed by atoms with van der Waals surface area (Å²) in [6, 6.07) is 6.08. The Labute approximate surface area is 167 Å². The van der Waals surface area contributed by atoms with Crippen LogP contribution in [0.5, 0.6) is 5.75 Å². The zero-order valence-corrected chi connectivity index (χ0v) is 16.9. The van der Waals surface area contributed by atoms with E-state index in [0.29, 0.717) is 13.0 Å². The molecule has 1 aromatic rings. The van der Waals surface area contributed by atoms with Gasteiger partial charge in [-0.1, -0.05) is 12.1 Å². The van der Waals surface area contributed by atoms with E-state index in [1.165, 1.54) is 17.6 Å². The molecule has 0 saturated carbocycles. The first kappa shape index (κ1) is 19.6. The van der Waals surface area contributed by atoms with Gasteiger partial charge in [-0.15, -0.1) is 0 Å². The van der Waals surface area contributed by atoms with E-state index >= 15 is 0 Å². The van der Waals surface area contributed by atoms with Gasteiger partial charge >= 0.3 is 0 Å². The maximum atomic E-state index is 12.8. The molecule has 1 saturated heterocycles. The molecule has 5 nitrogen and oxygen atoms in total. The number of carbonyl (C=O) groups excluding carboxylic acids is 1. The molecule has 0 radical (unpaired) electrons. The van der Waals surface area contributed by atoms with Crippen LogP contribution in [0.25, 0.3) is 0 Å². The molecule has 3 atom stereocenters. The standard InChI is InChI=1S/C23H30O5/c1-25-20-9-5-7-16-18(20)13-15-14-19(24)17(22(15)23(16)26-2)8-6-12-28-21-10-3-4-11-27-21/h5,7,9,15,21,23H,3-4,6,8,10-14H2,1-2H3/t15?,21?,23-/m1/s1. The Bertz CT molecular complexity index is 747. The highest BCUT2D eigenvalue weighted by Crippen LogP contribution is 2.49. The van der Waals surface area contributed by atoms with Crippen molar-refractivity contribution in [2.45, 2.75) is 57.3 Å². The lowest BCUT2D eigenvalue weighted by atomic mass is 9.78. The van der Waals surface area contributed by atoms with Gasteiger partial charge < -0.3 is 18.9 Å². The molecule has 1 aromatic carbocycles. The molecular formula is C23H30O5. The summed E-state index contributed by atoms with van der Waals surface area (Å²) in [5.74, 6) is 1.38. The molecule has 5 heteroatoms. The number of methoxy groups -OCH3 is 2. The molecule has 152 valence electrons. The second-order valence-corrected chi connectivity index (χ2v) is 7.88. The number of carbonyl (C=O) groups is 1. The fourth-order valence-electron chi connectivity index (χ4n) is 4.91. The van der Waals surface area contributed by atoms with Gasteiger partial charge in [0.15, 0.2) is 12.1 Å². The first-order valence-electron chi connectivity index (χ1n) is 10.4. The summed E-state index contributed by atoms with van der Waals surface area (Å²) in [5, 5.41) is 0. The zero-order valence-electron chi connectivity index (χ0n) is 16.9. The molecule has 3 aliphatic rings. The van der Waals surface area contributed by atoms with Crippen molar-refractivity contribution in [3.8, 4) is 5.75 Å². The van der Waals surface area contributed by atoms with Crippen molar-refractivity contribution in [3.05, 3.63) is 40.5 Å². The number of fused-ring (bicyclic) bond motifs is 2. The molecule has 1 fully saturated rings. The van der Waals surface area contributed by atoms with Crippen molar-refractivity contribution < 1.29 is 23.7 Å². The van der Waals surface area contributed by atoms with Crippen LogP contribution in [-0.2, 0) is 25.4 Å². The normalized spacial score (nSPS) is 26.9. The summed E-state index contributed by atoms with van der Waals surface area (Å²) in [6.45, 7) is 1.42. The van der Waals surface area contributed by atoms with Crippen LogP contribution < -0.4 is 4.74 Å². The average Bonchev–Trinajstić information content (AvgIpc) is 3.04. The molecule has 1 aliphatic heterocycles. The van der Waals surface area contributed by atoms with E-state index in [-0.39, 0.29) is 24.1 Å². The number of hydrogen-bond acceptors (Lipinski definition) is 5. The van der Waals surface area contributed by atoms with Crippen molar-refractivity contribution in [3.63, 3.8) is 0 Å². The van der Waals surface area contributed by atoms with Crippen LogP contribution in [-0.4, -0.2) is 39.5 Å². The van der Waals surface area contributed by atoms with Gasteiger partial charge in [-0.3, -0.25) is 4.79 Å². The zero-order chi connectivity index (χ0) is 19.5.